The van der Waals surface area contributed by atoms with E-state index >= 15 is 0 Å². The minimum atomic E-state index is -0.576. The molecular formula is C21H41NO2. The molecule has 0 saturated carbocycles. The summed E-state index contributed by atoms with van der Waals surface area (Å²) < 4.78 is 0. The molecule has 0 aromatic heterocycles. The van der Waals surface area contributed by atoms with Crippen molar-refractivity contribution in [3.63, 3.8) is 0 Å². The van der Waals surface area contributed by atoms with Crippen LogP contribution in [0.25, 0.3) is 0 Å². The quantitative estimate of drug-likeness (QED) is 0.271. The second-order valence-electron chi connectivity index (χ2n) is 7.00. The van der Waals surface area contributed by atoms with Gasteiger partial charge in [-0.2, -0.15) is 0 Å². The van der Waals surface area contributed by atoms with Crippen LogP contribution >= 0.6 is 0 Å². The largest absolute Gasteiger partial charge is 0.392 e. The molecule has 3 nitrogen and oxygen atoms in total. The van der Waals surface area contributed by atoms with Gasteiger partial charge in [0.05, 0.1) is 12.0 Å². The molecule has 1 amide bonds. The molecule has 0 rings (SSSR count). The van der Waals surface area contributed by atoms with E-state index in [4.69, 9.17) is 5.73 Å². The number of unbranched alkanes of at least 4 members (excludes halogenated alkanes) is 10. The van der Waals surface area contributed by atoms with Gasteiger partial charge in [0.2, 0.25) is 5.91 Å². The Morgan fingerprint density at radius 2 is 1.38 bits per heavy atom. The maximum absolute atomic E-state index is 11.3. The number of aliphatic hydroxyl groups is 1. The summed E-state index contributed by atoms with van der Waals surface area (Å²) in [6, 6.07) is 0. The average Bonchev–Trinajstić information content (AvgIpc) is 2.57. The van der Waals surface area contributed by atoms with Gasteiger partial charge in [-0.25, -0.2) is 0 Å². The van der Waals surface area contributed by atoms with Gasteiger partial charge in [0, 0.05) is 0 Å². The van der Waals surface area contributed by atoms with Crippen LogP contribution in [0.1, 0.15) is 104 Å². The van der Waals surface area contributed by atoms with Crippen molar-refractivity contribution in [1.29, 1.82) is 0 Å². The lowest BCUT2D eigenvalue weighted by molar-refractivity contribution is -0.125. The molecule has 0 aliphatic carbocycles. The van der Waals surface area contributed by atoms with Gasteiger partial charge in [0.1, 0.15) is 0 Å². The van der Waals surface area contributed by atoms with Gasteiger partial charge >= 0.3 is 0 Å². The van der Waals surface area contributed by atoms with Crippen molar-refractivity contribution >= 4 is 5.91 Å². The number of hydrogen-bond donors (Lipinski definition) is 2. The molecule has 0 radical (unpaired) electrons. The predicted octanol–water partition coefficient (Wildman–Crippen LogP) is 5.51. The van der Waals surface area contributed by atoms with Crippen LogP contribution in [0.4, 0.5) is 0 Å². The number of primary amides is 1. The van der Waals surface area contributed by atoms with Crippen molar-refractivity contribution in [2.24, 2.45) is 11.7 Å². The third-order valence-corrected chi connectivity index (χ3v) is 4.78. The van der Waals surface area contributed by atoms with Crippen LogP contribution in [-0.4, -0.2) is 17.1 Å². The van der Waals surface area contributed by atoms with E-state index in [1.807, 2.05) is 6.92 Å². The second kappa shape index (κ2) is 17.0. The summed E-state index contributed by atoms with van der Waals surface area (Å²) in [5.41, 5.74) is 5.36. The number of carbonyl (C=O) groups excluding carboxylic acids is 1. The molecule has 0 aliphatic heterocycles. The maximum Gasteiger partial charge on any atom is 0.223 e. The zero-order chi connectivity index (χ0) is 18.0. The van der Waals surface area contributed by atoms with E-state index in [2.05, 4.69) is 19.1 Å². The smallest absolute Gasteiger partial charge is 0.223 e. The molecule has 0 spiro atoms. The number of aliphatic hydroxyl groups excluding tert-OH is 1. The van der Waals surface area contributed by atoms with Gasteiger partial charge in [-0.15, -0.1) is 0 Å². The molecule has 142 valence electrons. The number of allylic oxidation sites excluding steroid dienone is 2. The van der Waals surface area contributed by atoms with Crippen LogP contribution in [0.5, 0.6) is 0 Å². The SMILES string of the molecule is CCCCCCCC/C=C\CCCCCCC(C(N)=O)C(O)CC. The van der Waals surface area contributed by atoms with E-state index in [-0.39, 0.29) is 11.8 Å². The van der Waals surface area contributed by atoms with E-state index in [0.717, 1.165) is 25.7 Å². The van der Waals surface area contributed by atoms with E-state index in [9.17, 15) is 9.90 Å². The van der Waals surface area contributed by atoms with Crippen molar-refractivity contribution in [1.82, 2.24) is 0 Å². The lowest BCUT2D eigenvalue weighted by Crippen LogP contribution is -2.33. The van der Waals surface area contributed by atoms with Gasteiger partial charge in [-0.1, -0.05) is 77.4 Å². The Bertz CT molecular complexity index is 315. The van der Waals surface area contributed by atoms with Crippen LogP contribution in [0.3, 0.4) is 0 Å². The number of nitrogens with two attached hydrogens (primary N) is 1. The third-order valence-electron chi connectivity index (χ3n) is 4.78. The number of amides is 1. The topological polar surface area (TPSA) is 63.3 Å². The van der Waals surface area contributed by atoms with Crippen LogP contribution in [0.2, 0.25) is 0 Å². The predicted molar refractivity (Wildman–Crippen MR) is 104 cm³/mol. The molecule has 2 atom stereocenters. The summed E-state index contributed by atoms with van der Waals surface area (Å²) in [5.74, 6) is -0.728. The molecule has 3 heteroatoms. The van der Waals surface area contributed by atoms with Gasteiger partial charge in [0.15, 0.2) is 0 Å². The van der Waals surface area contributed by atoms with Crippen LogP contribution in [0, 0.1) is 5.92 Å². The molecule has 0 aromatic rings. The highest BCUT2D eigenvalue weighted by Crippen LogP contribution is 2.17. The van der Waals surface area contributed by atoms with Crippen LogP contribution in [-0.2, 0) is 4.79 Å². The van der Waals surface area contributed by atoms with Gasteiger partial charge in [-0.05, 0) is 38.5 Å². The normalized spacial score (nSPS) is 14.1. The van der Waals surface area contributed by atoms with Crippen LogP contribution < -0.4 is 5.73 Å². The van der Waals surface area contributed by atoms with Crippen molar-refractivity contribution < 1.29 is 9.90 Å². The lowest BCUT2D eigenvalue weighted by atomic mass is 9.93. The van der Waals surface area contributed by atoms with E-state index in [0.29, 0.717) is 6.42 Å². The molecule has 0 bridgehead atoms. The fourth-order valence-electron chi connectivity index (χ4n) is 3.07. The van der Waals surface area contributed by atoms with Crippen molar-refractivity contribution in [2.75, 3.05) is 0 Å². The van der Waals surface area contributed by atoms with Gasteiger partial charge in [-0.3, -0.25) is 4.79 Å². The molecule has 0 aliphatic rings. The summed E-state index contributed by atoms with van der Waals surface area (Å²) in [5, 5.41) is 9.78. The Kier molecular flexibility index (Phi) is 16.4. The monoisotopic (exact) mass is 339 g/mol. The molecular weight excluding hydrogens is 298 g/mol. The molecule has 0 saturated heterocycles. The number of rotatable bonds is 17. The Balaban J connectivity index is 3.43. The average molecular weight is 340 g/mol. The molecule has 0 heterocycles. The first-order chi connectivity index (χ1) is 11.6. The third kappa shape index (κ3) is 13.6. The maximum atomic E-state index is 11.3. The Morgan fingerprint density at radius 3 is 1.88 bits per heavy atom. The minimum absolute atomic E-state index is 0.359. The van der Waals surface area contributed by atoms with Crippen LogP contribution in [0.15, 0.2) is 12.2 Å². The van der Waals surface area contributed by atoms with Crippen molar-refractivity contribution in [3.05, 3.63) is 12.2 Å². The second-order valence-corrected chi connectivity index (χ2v) is 7.00. The summed E-state index contributed by atoms with van der Waals surface area (Å²) in [7, 11) is 0. The van der Waals surface area contributed by atoms with Gasteiger partial charge < -0.3 is 10.8 Å². The number of carbonyl (C=O) groups is 1. The van der Waals surface area contributed by atoms with Crippen molar-refractivity contribution in [3.8, 4) is 0 Å². The Hall–Kier alpha value is -0.830. The first kappa shape index (κ1) is 23.2. The Morgan fingerprint density at radius 1 is 0.875 bits per heavy atom. The molecule has 3 N–H and O–H groups in total. The molecule has 0 fully saturated rings. The molecule has 24 heavy (non-hydrogen) atoms. The Labute approximate surface area is 150 Å². The fraction of sp³-hybridized carbons (Fsp3) is 0.857. The summed E-state index contributed by atoms with van der Waals surface area (Å²) in [4.78, 5) is 11.3. The zero-order valence-corrected chi connectivity index (χ0v) is 16.1. The number of hydrogen-bond acceptors (Lipinski definition) is 2. The standard InChI is InChI=1S/C21H41NO2/c1-3-5-6-7-8-9-10-11-12-13-14-15-16-17-18-19(21(22)24)20(23)4-2/h11-12,19-20,23H,3-10,13-18H2,1-2H3,(H2,22,24)/b12-11-. The van der Waals surface area contributed by atoms with E-state index < -0.39 is 6.10 Å². The zero-order valence-electron chi connectivity index (χ0n) is 16.1. The highest BCUT2D eigenvalue weighted by atomic mass is 16.3. The summed E-state index contributed by atoms with van der Waals surface area (Å²) in [6.45, 7) is 4.14. The minimum Gasteiger partial charge on any atom is -0.392 e. The van der Waals surface area contributed by atoms with Crippen molar-refractivity contribution in [2.45, 2.75) is 110 Å². The summed E-state index contributed by atoms with van der Waals surface area (Å²) in [6.07, 6.45) is 20.5. The fourth-order valence-corrected chi connectivity index (χ4v) is 3.07. The first-order valence-corrected chi connectivity index (χ1v) is 10.3. The molecule has 0 aromatic carbocycles. The van der Waals surface area contributed by atoms with Gasteiger partial charge in [0.25, 0.3) is 0 Å². The summed E-state index contributed by atoms with van der Waals surface area (Å²) >= 11 is 0. The van der Waals surface area contributed by atoms with E-state index in [1.54, 1.807) is 0 Å². The van der Waals surface area contributed by atoms with E-state index in [1.165, 1.54) is 57.8 Å². The highest BCUT2D eigenvalue weighted by Gasteiger charge is 2.22. The highest BCUT2D eigenvalue weighted by molar-refractivity contribution is 5.77. The first-order valence-electron chi connectivity index (χ1n) is 10.3. The lowest BCUT2D eigenvalue weighted by Gasteiger charge is -2.18. The molecule has 2 unspecified atom stereocenters.